The maximum absolute atomic E-state index is 8.65. The minimum Gasteiger partial charge on any atom is -0.409 e. The van der Waals surface area contributed by atoms with Crippen LogP contribution in [0.25, 0.3) is 0 Å². The van der Waals surface area contributed by atoms with Gasteiger partial charge in [0.25, 0.3) is 0 Å². The Balaban J connectivity index is 2.32. The average molecular weight is 320 g/mol. The molecule has 4 N–H and O–H groups in total. The summed E-state index contributed by atoms with van der Waals surface area (Å²) in [4.78, 5) is 1.28. The van der Waals surface area contributed by atoms with E-state index in [0.717, 1.165) is 24.0 Å². The van der Waals surface area contributed by atoms with E-state index in [1.807, 2.05) is 19.9 Å². The highest BCUT2D eigenvalue weighted by Gasteiger charge is 2.22. The number of hydrogen-bond donors (Lipinski definition) is 3. The van der Waals surface area contributed by atoms with Crippen LogP contribution in [0.2, 0.25) is 0 Å². The number of nitrogens with zero attached hydrogens (tertiary/aromatic N) is 1. The van der Waals surface area contributed by atoms with Crippen molar-refractivity contribution in [1.82, 2.24) is 5.32 Å². The van der Waals surface area contributed by atoms with E-state index in [1.54, 1.807) is 11.3 Å². The summed E-state index contributed by atoms with van der Waals surface area (Å²) in [6.07, 6.45) is 0.825. The number of oxime groups is 1. The third-order valence-electron chi connectivity index (χ3n) is 2.70. The fraction of sp³-hybridized carbons (Fsp3) is 0.545. The van der Waals surface area contributed by atoms with Crippen molar-refractivity contribution in [2.75, 3.05) is 6.54 Å². The predicted molar refractivity (Wildman–Crippen MR) is 75.5 cm³/mol. The summed E-state index contributed by atoms with van der Waals surface area (Å²) < 4.78 is 1.14. The Labute approximate surface area is 114 Å². The summed E-state index contributed by atoms with van der Waals surface area (Å²) in [5.74, 6) is 0.275. The van der Waals surface area contributed by atoms with Gasteiger partial charge in [-0.05, 0) is 40.3 Å². The Morgan fingerprint density at radius 2 is 2.35 bits per heavy atom. The molecule has 4 nitrogen and oxygen atoms in total. The summed E-state index contributed by atoms with van der Waals surface area (Å²) in [6, 6.07) is 2.04. The number of nitrogens with two attached hydrogens (primary N) is 1. The van der Waals surface area contributed by atoms with Gasteiger partial charge in [-0.3, -0.25) is 0 Å². The van der Waals surface area contributed by atoms with Gasteiger partial charge >= 0.3 is 0 Å². The van der Waals surface area contributed by atoms with Gasteiger partial charge in [-0.1, -0.05) is 19.0 Å². The number of hydrogen-bond acceptors (Lipinski definition) is 4. The first kappa shape index (κ1) is 14.5. The molecule has 0 saturated carbocycles. The Bertz CT molecular complexity index is 390. The van der Waals surface area contributed by atoms with Gasteiger partial charge in [0, 0.05) is 21.3 Å². The zero-order valence-corrected chi connectivity index (χ0v) is 12.4. The van der Waals surface area contributed by atoms with Crippen LogP contribution in [0, 0.1) is 5.41 Å². The standard InChI is InChI=1S/C11H18BrN3OS/c1-11(2,10(13)15-16)4-5-14-7-9-8(12)3-6-17-9/h3,6,14,16H,4-5,7H2,1-2H3,(H2,13,15). The van der Waals surface area contributed by atoms with E-state index in [4.69, 9.17) is 10.9 Å². The van der Waals surface area contributed by atoms with Crippen molar-refractivity contribution in [2.45, 2.75) is 26.8 Å². The summed E-state index contributed by atoms with van der Waals surface area (Å²) in [7, 11) is 0. The van der Waals surface area contributed by atoms with Crippen molar-refractivity contribution < 1.29 is 5.21 Å². The van der Waals surface area contributed by atoms with E-state index >= 15 is 0 Å². The van der Waals surface area contributed by atoms with Gasteiger partial charge in [-0.25, -0.2) is 0 Å². The monoisotopic (exact) mass is 319 g/mol. The van der Waals surface area contributed by atoms with E-state index in [-0.39, 0.29) is 11.3 Å². The molecule has 0 atom stereocenters. The van der Waals surface area contributed by atoms with Crippen LogP contribution in [-0.4, -0.2) is 17.6 Å². The second kappa shape index (κ2) is 6.37. The number of amidine groups is 1. The quantitative estimate of drug-likeness (QED) is 0.248. The van der Waals surface area contributed by atoms with E-state index in [2.05, 4.69) is 31.8 Å². The van der Waals surface area contributed by atoms with Crippen molar-refractivity contribution in [3.8, 4) is 0 Å². The van der Waals surface area contributed by atoms with Crippen molar-refractivity contribution in [3.63, 3.8) is 0 Å². The van der Waals surface area contributed by atoms with Gasteiger partial charge in [0.1, 0.15) is 5.84 Å². The number of halogens is 1. The first-order valence-corrected chi connectivity index (χ1v) is 7.05. The molecule has 1 heterocycles. The Kier molecular flexibility index (Phi) is 5.42. The highest BCUT2D eigenvalue weighted by molar-refractivity contribution is 9.10. The van der Waals surface area contributed by atoms with Gasteiger partial charge in [0.05, 0.1) is 0 Å². The predicted octanol–water partition coefficient (Wildman–Crippen LogP) is 2.76. The molecule has 0 aliphatic heterocycles. The molecule has 1 aromatic heterocycles. The van der Waals surface area contributed by atoms with E-state index < -0.39 is 0 Å². The summed E-state index contributed by atoms with van der Waals surface area (Å²) in [6.45, 7) is 5.59. The molecule has 1 aromatic rings. The maximum Gasteiger partial charge on any atom is 0.144 e. The molecule has 0 amide bonds. The van der Waals surface area contributed by atoms with Crippen LogP contribution in [-0.2, 0) is 6.54 Å². The number of thiophene rings is 1. The third kappa shape index (κ3) is 4.29. The molecule has 6 heteroatoms. The van der Waals surface area contributed by atoms with Crippen molar-refractivity contribution in [1.29, 1.82) is 0 Å². The maximum atomic E-state index is 8.65. The molecule has 0 fully saturated rings. The lowest BCUT2D eigenvalue weighted by atomic mass is 9.88. The average Bonchev–Trinajstić information content (AvgIpc) is 2.69. The van der Waals surface area contributed by atoms with Gasteiger partial charge in [-0.15, -0.1) is 11.3 Å². The Hall–Kier alpha value is -0.590. The highest BCUT2D eigenvalue weighted by Crippen LogP contribution is 2.23. The van der Waals surface area contributed by atoms with Crippen LogP contribution >= 0.6 is 27.3 Å². The van der Waals surface area contributed by atoms with Crippen LogP contribution < -0.4 is 11.1 Å². The Morgan fingerprint density at radius 1 is 1.65 bits per heavy atom. The first-order valence-electron chi connectivity index (χ1n) is 5.38. The van der Waals surface area contributed by atoms with E-state index in [1.165, 1.54) is 4.88 Å². The fourth-order valence-corrected chi connectivity index (χ4v) is 2.78. The van der Waals surface area contributed by atoms with E-state index in [0.29, 0.717) is 0 Å². The van der Waals surface area contributed by atoms with Crippen molar-refractivity contribution in [2.24, 2.45) is 16.3 Å². The molecule has 0 bridgehead atoms. The molecule has 0 saturated heterocycles. The largest absolute Gasteiger partial charge is 0.409 e. The molecule has 0 spiro atoms. The zero-order chi connectivity index (χ0) is 12.9. The third-order valence-corrected chi connectivity index (χ3v) is 4.63. The highest BCUT2D eigenvalue weighted by atomic mass is 79.9. The molecule has 0 aromatic carbocycles. The molecular formula is C11H18BrN3OS. The first-order chi connectivity index (χ1) is 7.97. The van der Waals surface area contributed by atoms with Gasteiger partial charge in [-0.2, -0.15) is 0 Å². The molecule has 0 aliphatic carbocycles. The van der Waals surface area contributed by atoms with E-state index in [9.17, 15) is 0 Å². The minimum atomic E-state index is -0.283. The lowest BCUT2D eigenvalue weighted by Gasteiger charge is -2.22. The summed E-state index contributed by atoms with van der Waals surface area (Å²) >= 11 is 5.21. The second-order valence-corrected chi connectivity index (χ2v) is 6.34. The zero-order valence-electron chi connectivity index (χ0n) is 10.0. The fourth-order valence-electron chi connectivity index (χ4n) is 1.32. The normalized spacial score (nSPS) is 13.0. The van der Waals surface area contributed by atoms with Crippen LogP contribution in [0.1, 0.15) is 25.1 Å². The van der Waals surface area contributed by atoms with Crippen LogP contribution in [0.5, 0.6) is 0 Å². The number of nitrogens with one attached hydrogen (secondary N) is 1. The summed E-state index contributed by atoms with van der Waals surface area (Å²) in [5.41, 5.74) is 5.34. The lowest BCUT2D eigenvalue weighted by molar-refractivity contribution is 0.305. The van der Waals surface area contributed by atoms with Crippen LogP contribution in [0.4, 0.5) is 0 Å². The smallest absolute Gasteiger partial charge is 0.144 e. The SMILES string of the molecule is CC(C)(CCNCc1sccc1Br)C(N)=NO. The Morgan fingerprint density at radius 3 is 2.88 bits per heavy atom. The molecular weight excluding hydrogens is 302 g/mol. The molecule has 96 valence electrons. The molecule has 17 heavy (non-hydrogen) atoms. The van der Waals surface area contributed by atoms with Gasteiger partial charge < -0.3 is 16.3 Å². The molecule has 0 aliphatic rings. The second-order valence-electron chi connectivity index (χ2n) is 4.49. The molecule has 0 radical (unpaired) electrons. The van der Waals surface area contributed by atoms with Crippen LogP contribution in [0.3, 0.4) is 0 Å². The minimum absolute atomic E-state index is 0.275. The van der Waals surface area contributed by atoms with Crippen molar-refractivity contribution >= 4 is 33.1 Å². The van der Waals surface area contributed by atoms with Gasteiger partial charge in [0.15, 0.2) is 0 Å². The summed E-state index contributed by atoms with van der Waals surface area (Å²) in [5, 5.41) is 17.1. The molecule has 0 unspecified atom stereocenters. The topological polar surface area (TPSA) is 70.6 Å². The molecule has 1 rings (SSSR count). The van der Waals surface area contributed by atoms with Crippen LogP contribution in [0.15, 0.2) is 21.1 Å². The van der Waals surface area contributed by atoms with Gasteiger partial charge in [0.2, 0.25) is 0 Å². The lowest BCUT2D eigenvalue weighted by Crippen LogP contribution is -2.34. The van der Waals surface area contributed by atoms with Crippen molar-refractivity contribution in [3.05, 3.63) is 20.8 Å². The number of rotatable bonds is 6.